The van der Waals surface area contributed by atoms with Gasteiger partial charge in [0.2, 0.25) is 0 Å². The lowest BCUT2D eigenvalue weighted by Gasteiger charge is -2.11. The highest BCUT2D eigenvalue weighted by Gasteiger charge is 2.31. The molecule has 0 radical (unpaired) electrons. The molecule has 0 bridgehead atoms. The third-order valence-electron chi connectivity index (χ3n) is 5.12. The highest BCUT2D eigenvalue weighted by Crippen LogP contribution is 2.32. The molecule has 0 N–H and O–H groups in total. The number of nitrogens with zero attached hydrogens (tertiary/aromatic N) is 2. The number of ether oxygens (including phenoxy) is 3. The number of rotatable bonds is 9. The van der Waals surface area contributed by atoms with Crippen molar-refractivity contribution in [1.82, 2.24) is 9.78 Å². The molecule has 0 aliphatic heterocycles. The Morgan fingerprint density at radius 2 is 1.69 bits per heavy atom. The molecule has 7 heteroatoms. The predicted molar refractivity (Wildman–Crippen MR) is 121 cm³/mol. The van der Waals surface area contributed by atoms with Gasteiger partial charge in [0.1, 0.15) is 17.0 Å². The number of hydrogen-bond donors (Lipinski definition) is 0. The number of carbonyl (C=O) groups excluding carboxylic acids is 2. The molecular weight excluding hydrogens is 408 g/mol. The maximum atomic E-state index is 12.8. The number of unbranched alkanes of at least 4 members (excludes halogenated alkanes) is 2. The van der Waals surface area contributed by atoms with Crippen molar-refractivity contribution in [2.24, 2.45) is 0 Å². The first-order valence-electron chi connectivity index (χ1n) is 10.6. The lowest BCUT2D eigenvalue weighted by molar-refractivity contribution is 0.0549. The largest absolute Gasteiger partial charge is 0.493 e. The summed E-state index contributed by atoms with van der Waals surface area (Å²) in [4.78, 5) is 25.5. The van der Waals surface area contributed by atoms with Crippen LogP contribution in [0.1, 0.15) is 52.6 Å². The van der Waals surface area contributed by atoms with Crippen LogP contribution in [-0.4, -0.2) is 42.5 Å². The molecule has 0 amide bonds. The minimum absolute atomic E-state index is 0.00605. The second kappa shape index (κ2) is 10.6. The second-order valence-corrected chi connectivity index (χ2v) is 7.34. The number of aryl methyl sites for hydroxylation is 1. The summed E-state index contributed by atoms with van der Waals surface area (Å²) in [7, 11) is 2.53. The standard InChI is InChI=1S/C25H28N2O5/c1-5-6-10-15-32-20-16-18(14-13-17(20)2)22-21(24(28)30-3)23(25(29)31-4)27(26-22)19-11-8-7-9-12-19/h7-9,11-14,16H,5-6,10,15H2,1-4H3. The van der Waals surface area contributed by atoms with Crippen LogP contribution in [0.5, 0.6) is 5.75 Å². The van der Waals surface area contributed by atoms with E-state index in [9.17, 15) is 9.59 Å². The molecule has 3 aromatic rings. The monoisotopic (exact) mass is 436 g/mol. The van der Waals surface area contributed by atoms with Crippen molar-refractivity contribution in [2.45, 2.75) is 33.1 Å². The molecular formula is C25H28N2O5. The average Bonchev–Trinajstić information content (AvgIpc) is 3.23. The Morgan fingerprint density at radius 1 is 0.969 bits per heavy atom. The van der Waals surface area contributed by atoms with Crippen LogP contribution in [0.3, 0.4) is 0 Å². The van der Waals surface area contributed by atoms with E-state index in [1.165, 1.54) is 18.9 Å². The molecule has 2 aromatic carbocycles. The normalized spacial score (nSPS) is 10.6. The number of carbonyl (C=O) groups is 2. The summed E-state index contributed by atoms with van der Waals surface area (Å²) in [5.74, 6) is -0.645. The molecule has 1 heterocycles. The minimum atomic E-state index is -0.684. The van der Waals surface area contributed by atoms with E-state index in [1.807, 2.05) is 43.3 Å². The molecule has 0 saturated carbocycles. The number of esters is 2. The number of hydrogen-bond acceptors (Lipinski definition) is 6. The van der Waals surface area contributed by atoms with Crippen LogP contribution in [0, 0.1) is 6.92 Å². The van der Waals surface area contributed by atoms with E-state index in [1.54, 1.807) is 12.1 Å². The zero-order valence-electron chi connectivity index (χ0n) is 18.9. The summed E-state index contributed by atoms with van der Waals surface area (Å²) >= 11 is 0. The van der Waals surface area contributed by atoms with E-state index >= 15 is 0 Å². The SMILES string of the molecule is CCCCCOc1cc(-c2nn(-c3ccccc3)c(C(=O)OC)c2C(=O)OC)ccc1C. The summed E-state index contributed by atoms with van der Waals surface area (Å²) in [6.45, 7) is 4.71. The first-order valence-corrected chi connectivity index (χ1v) is 10.6. The summed E-state index contributed by atoms with van der Waals surface area (Å²) in [5.41, 5.74) is 2.60. The number of methoxy groups -OCH3 is 2. The van der Waals surface area contributed by atoms with E-state index in [0.29, 0.717) is 29.3 Å². The molecule has 7 nitrogen and oxygen atoms in total. The van der Waals surface area contributed by atoms with E-state index in [0.717, 1.165) is 24.8 Å². The van der Waals surface area contributed by atoms with Crippen LogP contribution in [0.25, 0.3) is 16.9 Å². The van der Waals surface area contributed by atoms with Gasteiger partial charge in [0.25, 0.3) is 0 Å². The highest BCUT2D eigenvalue weighted by atomic mass is 16.5. The zero-order valence-corrected chi connectivity index (χ0v) is 18.9. The van der Waals surface area contributed by atoms with Gasteiger partial charge in [-0.15, -0.1) is 0 Å². The first kappa shape index (κ1) is 23.1. The first-order chi connectivity index (χ1) is 15.5. The topological polar surface area (TPSA) is 79.7 Å². The van der Waals surface area contributed by atoms with Crippen molar-refractivity contribution in [3.63, 3.8) is 0 Å². The van der Waals surface area contributed by atoms with Crippen LogP contribution in [0.4, 0.5) is 0 Å². The molecule has 0 aliphatic rings. The van der Waals surface area contributed by atoms with Gasteiger partial charge < -0.3 is 14.2 Å². The van der Waals surface area contributed by atoms with Crippen molar-refractivity contribution in [3.8, 4) is 22.7 Å². The molecule has 0 saturated heterocycles. The lowest BCUT2D eigenvalue weighted by atomic mass is 10.0. The second-order valence-electron chi connectivity index (χ2n) is 7.34. The van der Waals surface area contributed by atoms with Crippen LogP contribution in [0.2, 0.25) is 0 Å². The molecule has 1 aromatic heterocycles. The summed E-state index contributed by atoms with van der Waals surface area (Å²) in [6, 6.07) is 14.7. The van der Waals surface area contributed by atoms with Crippen molar-refractivity contribution >= 4 is 11.9 Å². The summed E-state index contributed by atoms with van der Waals surface area (Å²) in [6.07, 6.45) is 3.16. The highest BCUT2D eigenvalue weighted by molar-refractivity contribution is 6.06. The smallest absolute Gasteiger partial charge is 0.357 e. The lowest BCUT2D eigenvalue weighted by Crippen LogP contribution is -2.15. The maximum absolute atomic E-state index is 12.8. The van der Waals surface area contributed by atoms with Crippen LogP contribution < -0.4 is 4.74 Å². The fraction of sp³-hybridized carbons (Fsp3) is 0.320. The average molecular weight is 437 g/mol. The van der Waals surface area contributed by atoms with Gasteiger partial charge in [-0.2, -0.15) is 5.10 Å². The number of para-hydroxylation sites is 1. The van der Waals surface area contributed by atoms with Crippen LogP contribution in [-0.2, 0) is 9.47 Å². The Bertz CT molecular complexity index is 1090. The molecule has 3 rings (SSSR count). The number of aromatic nitrogens is 2. The van der Waals surface area contributed by atoms with Gasteiger partial charge in [-0.1, -0.05) is 50.1 Å². The van der Waals surface area contributed by atoms with E-state index in [4.69, 9.17) is 14.2 Å². The number of benzene rings is 2. The van der Waals surface area contributed by atoms with Crippen LogP contribution in [0.15, 0.2) is 48.5 Å². The third kappa shape index (κ3) is 4.82. The molecule has 32 heavy (non-hydrogen) atoms. The summed E-state index contributed by atoms with van der Waals surface area (Å²) < 4.78 is 17.4. The van der Waals surface area contributed by atoms with Crippen molar-refractivity contribution in [2.75, 3.05) is 20.8 Å². The van der Waals surface area contributed by atoms with Crippen LogP contribution >= 0.6 is 0 Å². The van der Waals surface area contributed by atoms with E-state index in [-0.39, 0.29) is 11.3 Å². The van der Waals surface area contributed by atoms with Gasteiger partial charge >= 0.3 is 11.9 Å². The van der Waals surface area contributed by atoms with Gasteiger partial charge in [-0.25, -0.2) is 14.3 Å². The fourth-order valence-corrected chi connectivity index (χ4v) is 3.39. The van der Waals surface area contributed by atoms with E-state index < -0.39 is 11.9 Å². The van der Waals surface area contributed by atoms with Gasteiger partial charge in [0.05, 0.1) is 26.5 Å². The maximum Gasteiger partial charge on any atom is 0.357 e. The Morgan fingerprint density at radius 3 is 2.34 bits per heavy atom. The zero-order chi connectivity index (χ0) is 23.1. The Kier molecular flexibility index (Phi) is 7.65. The van der Waals surface area contributed by atoms with E-state index in [2.05, 4.69) is 12.0 Å². The van der Waals surface area contributed by atoms with Crippen molar-refractivity contribution < 1.29 is 23.8 Å². The Hall–Kier alpha value is -3.61. The molecule has 0 atom stereocenters. The minimum Gasteiger partial charge on any atom is -0.493 e. The van der Waals surface area contributed by atoms with Gasteiger partial charge in [0.15, 0.2) is 5.69 Å². The Labute approximate surface area is 187 Å². The van der Waals surface area contributed by atoms with Gasteiger partial charge in [-0.05, 0) is 37.1 Å². The van der Waals surface area contributed by atoms with Crippen molar-refractivity contribution in [3.05, 3.63) is 65.4 Å². The van der Waals surface area contributed by atoms with Crippen molar-refractivity contribution in [1.29, 1.82) is 0 Å². The molecule has 168 valence electrons. The predicted octanol–water partition coefficient (Wildman–Crippen LogP) is 4.99. The summed E-state index contributed by atoms with van der Waals surface area (Å²) in [5, 5.41) is 4.63. The molecule has 0 fully saturated rings. The molecule has 0 unspecified atom stereocenters. The fourth-order valence-electron chi connectivity index (χ4n) is 3.39. The quantitative estimate of drug-likeness (QED) is 0.347. The Balaban J connectivity index is 2.17. The molecule has 0 spiro atoms. The van der Waals surface area contributed by atoms with Gasteiger partial charge in [-0.3, -0.25) is 0 Å². The third-order valence-corrected chi connectivity index (χ3v) is 5.12. The van der Waals surface area contributed by atoms with Gasteiger partial charge in [0, 0.05) is 5.56 Å². The molecule has 0 aliphatic carbocycles.